The molecule has 1 unspecified atom stereocenters. The second-order valence-electron chi connectivity index (χ2n) is 5.48. The molecule has 0 aromatic heterocycles. The van der Waals surface area contributed by atoms with Crippen LogP contribution in [0.25, 0.3) is 0 Å². The van der Waals surface area contributed by atoms with Crippen LogP contribution in [0.1, 0.15) is 72.1 Å². The molecule has 1 rings (SSSR count). The largest absolute Gasteiger partial charge is 0.236 e. The van der Waals surface area contributed by atoms with E-state index in [0.29, 0.717) is 19.1 Å². The van der Waals surface area contributed by atoms with Gasteiger partial charge < -0.3 is 0 Å². The van der Waals surface area contributed by atoms with Crippen LogP contribution in [-0.4, -0.2) is 19.0 Å². The third kappa shape index (κ3) is 5.78. The van der Waals surface area contributed by atoms with Crippen LogP contribution in [0, 0.1) is 5.92 Å². The molecule has 19 heavy (non-hydrogen) atoms. The van der Waals surface area contributed by atoms with E-state index in [-0.39, 0.29) is 0 Å². The molecule has 0 spiro atoms. The molecule has 0 aromatic rings. The molecule has 0 aliphatic heterocycles. The summed E-state index contributed by atoms with van der Waals surface area (Å²) in [5, 5.41) is 0. The molecule has 0 amide bonds. The number of rotatable bonds is 10. The fraction of sp³-hybridized carbons (Fsp3) is 1.00. The van der Waals surface area contributed by atoms with E-state index in [1.165, 1.54) is 6.42 Å². The van der Waals surface area contributed by atoms with Gasteiger partial charge in [-0.05, 0) is 25.7 Å². The third-order valence-corrected chi connectivity index (χ3v) is 3.73. The summed E-state index contributed by atoms with van der Waals surface area (Å²) < 4.78 is 0. The first-order valence-corrected chi connectivity index (χ1v) is 7.86. The Labute approximate surface area is 117 Å². The molecule has 0 N–H and O–H groups in total. The van der Waals surface area contributed by atoms with Crippen molar-refractivity contribution in [1.82, 2.24) is 0 Å². The zero-order valence-corrected chi connectivity index (χ0v) is 12.8. The Morgan fingerprint density at radius 1 is 0.947 bits per heavy atom. The van der Waals surface area contributed by atoms with E-state index < -0.39 is 5.79 Å². The fourth-order valence-electron chi connectivity index (χ4n) is 2.24. The molecule has 0 radical (unpaired) electrons. The zero-order chi connectivity index (χ0) is 14.0. The van der Waals surface area contributed by atoms with Gasteiger partial charge in [0.25, 0.3) is 0 Å². The van der Waals surface area contributed by atoms with E-state index in [9.17, 15) is 0 Å². The van der Waals surface area contributed by atoms with Gasteiger partial charge in [0, 0.05) is 12.3 Å². The lowest BCUT2D eigenvalue weighted by molar-refractivity contribution is -0.527. The molecule has 1 saturated carbocycles. The van der Waals surface area contributed by atoms with E-state index in [0.717, 1.165) is 44.9 Å². The Morgan fingerprint density at radius 3 is 2.00 bits per heavy atom. The quantitative estimate of drug-likeness (QED) is 0.256. The van der Waals surface area contributed by atoms with Gasteiger partial charge in [0.1, 0.15) is 0 Å². The van der Waals surface area contributed by atoms with Crippen LogP contribution in [0.4, 0.5) is 0 Å². The Bertz CT molecular complexity index is 208. The fourth-order valence-corrected chi connectivity index (χ4v) is 2.24. The average Bonchev–Trinajstić information content (AvgIpc) is 2.43. The van der Waals surface area contributed by atoms with Crippen LogP contribution in [-0.2, 0) is 19.6 Å². The summed E-state index contributed by atoms with van der Waals surface area (Å²) in [6.45, 7) is 7.64. The molecule has 114 valence electrons. The van der Waals surface area contributed by atoms with Gasteiger partial charge >= 0.3 is 0 Å². The van der Waals surface area contributed by atoms with Gasteiger partial charge in [-0.2, -0.15) is 9.78 Å². The van der Waals surface area contributed by atoms with Crippen LogP contribution >= 0.6 is 0 Å². The minimum absolute atomic E-state index is 0.296. The zero-order valence-electron chi connectivity index (χ0n) is 12.8. The van der Waals surface area contributed by atoms with Gasteiger partial charge in [0.05, 0.1) is 13.2 Å². The number of unbranched alkanes of at least 4 members (excludes halogenated alkanes) is 2. The minimum Gasteiger partial charge on any atom is -0.234 e. The van der Waals surface area contributed by atoms with E-state index in [4.69, 9.17) is 19.6 Å². The van der Waals surface area contributed by atoms with Gasteiger partial charge in [-0.15, -0.1) is 0 Å². The lowest BCUT2D eigenvalue weighted by Crippen LogP contribution is -2.45. The van der Waals surface area contributed by atoms with Gasteiger partial charge in [0.15, 0.2) is 0 Å². The SMILES string of the molecule is CCCCOOC1(OOCCCC)CCCCC1C. The Kier molecular flexibility index (Phi) is 8.62. The van der Waals surface area contributed by atoms with Crippen molar-refractivity contribution in [2.24, 2.45) is 5.92 Å². The van der Waals surface area contributed by atoms with Crippen LogP contribution < -0.4 is 0 Å². The van der Waals surface area contributed by atoms with Crippen molar-refractivity contribution in [2.45, 2.75) is 77.9 Å². The van der Waals surface area contributed by atoms with Gasteiger partial charge in [-0.3, -0.25) is 0 Å². The highest BCUT2D eigenvalue weighted by molar-refractivity contribution is 4.79. The molecule has 0 heterocycles. The van der Waals surface area contributed by atoms with E-state index >= 15 is 0 Å². The van der Waals surface area contributed by atoms with Gasteiger partial charge in [0.2, 0.25) is 5.79 Å². The highest BCUT2D eigenvalue weighted by Crippen LogP contribution is 2.38. The van der Waals surface area contributed by atoms with Crippen molar-refractivity contribution < 1.29 is 19.6 Å². The lowest BCUT2D eigenvalue weighted by Gasteiger charge is -2.38. The van der Waals surface area contributed by atoms with Crippen LogP contribution in [0.5, 0.6) is 0 Å². The predicted molar refractivity (Wildman–Crippen MR) is 74.3 cm³/mol. The second-order valence-corrected chi connectivity index (χ2v) is 5.48. The van der Waals surface area contributed by atoms with Crippen LogP contribution in [0.2, 0.25) is 0 Å². The third-order valence-electron chi connectivity index (χ3n) is 3.73. The summed E-state index contributed by atoms with van der Waals surface area (Å²) in [5.74, 6) is -0.413. The smallest absolute Gasteiger partial charge is 0.234 e. The first-order valence-electron chi connectivity index (χ1n) is 7.86. The van der Waals surface area contributed by atoms with Crippen molar-refractivity contribution >= 4 is 0 Å². The van der Waals surface area contributed by atoms with E-state index in [1.54, 1.807) is 0 Å². The summed E-state index contributed by atoms with van der Waals surface area (Å²) in [6, 6.07) is 0. The highest BCUT2D eigenvalue weighted by Gasteiger charge is 2.43. The molecule has 0 aromatic carbocycles. The first kappa shape index (κ1) is 16.9. The maximum atomic E-state index is 5.62. The predicted octanol–water partition coefficient (Wildman–Crippen LogP) is 4.39. The monoisotopic (exact) mass is 274 g/mol. The summed E-state index contributed by atoms with van der Waals surface area (Å²) in [6.07, 6.45) is 8.45. The van der Waals surface area contributed by atoms with Crippen molar-refractivity contribution in [3.05, 3.63) is 0 Å². The van der Waals surface area contributed by atoms with E-state index in [2.05, 4.69) is 20.8 Å². The second kappa shape index (κ2) is 9.70. The van der Waals surface area contributed by atoms with Crippen molar-refractivity contribution in [3.8, 4) is 0 Å². The Balaban J connectivity index is 2.41. The molecular weight excluding hydrogens is 244 g/mol. The average molecular weight is 274 g/mol. The number of hydrogen-bond acceptors (Lipinski definition) is 4. The first-order chi connectivity index (χ1) is 9.25. The number of hydrogen-bond donors (Lipinski definition) is 0. The van der Waals surface area contributed by atoms with Gasteiger partial charge in [-0.1, -0.05) is 40.0 Å². The topological polar surface area (TPSA) is 36.9 Å². The molecule has 1 atom stereocenters. The summed E-state index contributed by atoms with van der Waals surface area (Å²) in [5.41, 5.74) is 0. The van der Waals surface area contributed by atoms with Crippen molar-refractivity contribution in [3.63, 3.8) is 0 Å². The maximum Gasteiger partial charge on any atom is 0.236 e. The molecule has 4 heteroatoms. The van der Waals surface area contributed by atoms with E-state index in [1.807, 2.05) is 0 Å². The van der Waals surface area contributed by atoms with Crippen LogP contribution in [0.3, 0.4) is 0 Å². The molecule has 1 aliphatic rings. The normalized spacial score (nSPS) is 22.6. The lowest BCUT2D eigenvalue weighted by atomic mass is 9.85. The summed E-state index contributed by atoms with van der Waals surface area (Å²) in [7, 11) is 0. The van der Waals surface area contributed by atoms with Crippen LogP contribution in [0.15, 0.2) is 0 Å². The minimum atomic E-state index is -0.709. The molecule has 0 bridgehead atoms. The molecule has 4 nitrogen and oxygen atoms in total. The van der Waals surface area contributed by atoms with Crippen molar-refractivity contribution in [1.29, 1.82) is 0 Å². The maximum absolute atomic E-state index is 5.62. The Morgan fingerprint density at radius 2 is 1.53 bits per heavy atom. The summed E-state index contributed by atoms with van der Waals surface area (Å²) >= 11 is 0. The molecule has 1 aliphatic carbocycles. The Hall–Kier alpha value is -0.160. The molecule has 1 fully saturated rings. The highest BCUT2D eigenvalue weighted by atomic mass is 17.3. The standard InChI is InChI=1S/C15H30O4/c1-4-6-12-16-18-15(19-17-13-7-5-2)11-9-8-10-14(15)3/h14H,4-13H2,1-3H3. The van der Waals surface area contributed by atoms with Gasteiger partial charge in [-0.25, -0.2) is 9.78 Å². The molecule has 0 saturated heterocycles. The summed E-state index contributed by atoms with van der Waals surface area (Å²) in [4.78, 5) is 21.9. The van der Waals surface area contributed by atoms with Crippen molar-refractivity contribution in [2.75, 3.05) is 13.2 Å². The molecular formula is C15H30O4.